The van der Waals surface area contributed by atoms with Gasteiger partial charge in [-0.2, -0.15) is 0 Å². The van der Waals surface area contributed by atoms with Gasteiger partial charge in [-0.1, -0.05) is 6.07 Å². The Kier molecular flexibility index (Phi) is 5.82. The number of nitro benzene ring substituents is 1. The quantitative estimate of drug-likeness (QED) is 0.322. The number of carbonyl (C=O) groups is 1. The van der Waals surface area contributed by atoms with Crippen molar-refractivity contribution in [1.29, 1.82) is 0 Å². The molecule has 0 fully saturated rings. The van der Waals surface area contributed by atoms with Crippen molar-refractivity contribution >= 4 is 23.3 Å². The molecule has 0 unspecified atom stereocenters. The van der Waals surface area contributed by atoms with Gasteiger partial charge in [0.25, 0.3) is 5.69 Å². The molecule has 76 valence electrons. The van der Waals surface area contributed by atoms with Crippen molar-refractivity contribution in [3.05, 3.63) is 39.4 Å². The molecule has 0 spiro atoms. The van der Waals surface area contributed by atoms with Crippen LogP contribution in [-0.2, 0) is 5.88 Å². The zero-order valence-electron chi connectivity index (χ0n) is 8.94. The molecule has 0 bridgehead atoms. The maximum Gasteiger partial charge on any atom is 1.00 e. The van der Waals surface area contributed by atoms with Crippen molar-refractivity contribution in [1.82, 2.24) is 0 Å². The number of aromatic carboxylic acids is 1. The predicted octanol–water partition coefficient (Wildman–Crippen LogP) is -0.852. The summed E-state index contributed by atoms with van der Waals surface area (Å²) < 4.78 is 0. The number of hydrogen-bond donors (Lipinski definition) is 1. The first-order valence-electron chi connectivity index (χ1n) is 3.63. The fraction of sp³-hybridized carbons (Fsp3) is 0.125. The van der Waals surface area contributed by atoms with Gasteiger partial charge >= 0.3 is 35.5 Å². The molecule has 15 heavy (non-hydrogen) atoms. The molecule has 5 nitrogen and oxygen atoms in total. The number of halogens is 1. The second-order valence-corrected chi connectivity index (χ2v) is 2.81. The average molecular weight is 240 g/mol. The molecule has 0 atom stereocenters. The summed E-state index contributed by atoms with van der Waals surface area (Å²) in [5.41, 5.74) is -0.228. The van der Waals surface area contributed by atoms with Crippen LogP contribution >= 0.6 is 11.6 Å². The topological polar surface area (TPSA) is 80.4 Å². The number of carboxylic acid groups (broad SMARTS) is 1. The fourth-order valence-electron chi connectivity index (χ4n) is 0.997. The first kappa shape index (κ1) is 14.4. The third kappa shape index (κ3) is 3.46. The Morgan fingerprint density at radius 3 is 2.60 bits per heavy atom. The summed E-state index contributed by atoms with van der Waals surface area (Å²) >= 11 is 5.47. The van der Waals surface area contributed by atoms with Gasteiger partial charge in [0.05, 0.1) is 4.92 Å². The monoisotopic (exact) mass is 239 g/mol. The molecule has 0 heterocycles. The van der Waals surface area contributed by atoms with E-state index in [-0.39, 0.29) is 42.4 Å². The molecule has 0 aliphatic rings. The van der Waals surface area contributed by atoms with Gasteiger partial charge in [-0.05, 0) is 11.6 Å². The van der Waals surface area contributed by atoms with E-state index in [1.165, 1.54) is 12.1 Å². The predicted molar refractivity (Wildman–Crippen MR) is 50.7 cm³/mol. The van der Waals surface area contributed by atoms with Crippen LogP contribution in [0.2, 0.25) is 0 Å². The smallest absolute Gasteiger partial charge is 1.00 e. The van der Waals surface area contributed by atoms with E-state index in [0.29, 0.717) is 5.56 Å². The molecule has 1 aromatic carbocycles. The van der Waals surface area contributed by atoms with Crippen molar-refractivity contribution < 1.29 is 45.8 Å². The van der Waals surface area contributed by atoms with Gasteiger partial charge in [-0.3, -0.25) is 10.1 Å². The Balaban J connectivity index is 0. The molecule has 1 aromatic rings. The van der Waals surface area contributed by atoms with E-state index >= 15 is 0 Å². The molecule has 0 saturated carbocycles. The summed E-state index contributed by atoms with van der Waals surface area (Å²) in [5.74, 6) is -1.21. The summed E-state index contributed by atoms with van der Waals surface area (Å²) in [6, 6.07) is 3.77. The number of nitrogens with zero attached hydrogens (tertiary/aromatic N) is 1. The van der Waals surface area contributed by atoms with Gasteiger partial charge < -0.3 is 6.53 Å². The van der Waals surface area contributed by atoms with E-state index in [0.717, 1.165) is 6.07 Å². The van der Waals surface area contributed by atoms with E-state index in [1.807, 2.05) is 0 Å². The van der Waals surface area contributed by atoms with Crippen molar-refractivity contribution in [3.8, 4) is 0 Å². The van der Waals surface area contributed by atoms with Crippen LogP contribution in [0.15, 0.2) is 18.2 Å². The third-order valence-corrected chi connectivity index (χ3v) is 1.95. The second kappa shape index (κ2) is 6.07. The molecule has 1 N–H and O–H groups in total. The number of nitro groups is 1. The van der Waals surface area contributed by atoms with Crippen LogP contribution in [0.4, 0.5) is 5.69 Å². The molecule has 0 radical (unpaired) electrons. The molecule has 0 aliphatic heterocycles. The summed E-state index contributed by atoms with van der Waals surface area (Å²) in [5, 5.41) is 19.1. The van der Waals surface area contributed by atoms with E-state index in [1.54, 1.807) is 0 Å². The normalized spacial score (nSPS) is 9.13. The van der Waals surface area contributed by atoms with Crippen LogP contribution in [0.3, 0.4) is 0 Å². The van der Waals surface area contributed by atoms with Crippen molar-refractivity contribution in [3.63, 3.8) is 0 Å². The maximum absolute atomic E-state index is 10.6. The van der Waals surface area contributed by atoms with E-state index in [2.05, 4.69) is 0 Å². The van der Waals surface area contributed by atoms with Gasteiger partial charge in [0.2, 0.25) is 0 Å². The van der Waals surface area contributed by atoms with Gasteiger partial charge in [0.1, 0.15) is 5.56 Å². The molecule has 7 heteroatoms. The van der Waals surface area contributed by atoms with Gasteiger partial charge in [0.15, 0.2) is 0 Å². The number of benzene rings is 1. The molecule has 1 rings (SSSR count). The fourth-order valence-corrected chi connectivity index (χ4v) is 1.16. The molecule has 0 aromatic heterocycles. The van der Waals surface area contributed by atoms with Gasteiger partial charge in [-0.15, -0.1) is 11.6 Å². The summed E-state index contributed by atoms with van der Waals surface area (Å²) in [6.07, 6.45) is 0. The molecule has 0 aliphatic carbocycles. The van der Waals surface area contributed by atoms with Crippen LogP contribution in [0.1, 0.15) is 17.3 Å². The third-order valence-electron chi connectivity index (χ3n) is 1.64. The van der Waals surface area contributed by atoms with Crippen molar-refractivity contribution in [2.75, 3.05) is 0 Å². The Morgan fingerprint density at radius 1 is 1.60 bits per heavy atom. The van der Waals surface area contributed by atoms with Crippen LogP contribution in [0.5, 0.6) is 0 Å². The summed E-state index contributed by atoms with van der Waals surface area (Å²) in [4.78, 5) is 20.3. The number of rotatable bonds is 3. The largest absolute Gasteiger partial charge is 1.00 e. The van der Waals surface area contributed by atoms with Gasteiger partial charge in [-0.25, -0.2) is 4.79 Å². The van der Waals surface area contributed by atoms with Crippen LogP contribution in [-0.4, -0.2) is 16.0 Å². The van der Waals surface area contributed by atoms with Crippen LogP contribution in [0.25, 0.3) is 0 Å². The number of hydrogen-bond acceptors (Lipinski definition) is 3. The molecular weight excluding hydrogens is 233 g/mol. The van der Waals surface area contributed by atoms with Crippen molar-refractivity contribution in [2.45, 2.75) is 5.88 Å². The SMILES string of the molecule is O=C(O)c1cc(CCl)ccc1[N+](=O)[O-].[H-].[Na+]. The second-order valence-electron chi connectivity index (χ2n) is 2.55. The maximum atomic E-state index is 10.6. The minimum absolute atomic E-state index is 0. The minimum Gasteiger partial charge on any atom is -1.00 e. The van der Waals surface area contributed by atoms with Crippen LogP contribution in [0, 0.1) is 10.1 Å². The summed E-state index contributed by atoms with van der Waals surface area (Å²) in [6.45, 7) is 0. The van der Waals surface area contributed by atoms with E-state index in [4.69, 9.17) is 16.7 Å². The number of alkyl halides is 1. The van der Waals surface area contributed by atoms with E-state index in [9.17, 15) is 14.9 Å². The van der Waals surface area contributed by atoms with Gasteiger partial charge in [0, 0.05) is 11.9 Å². The standard InChI is InChI=1S/C8H6ClNO4.Na.H/c9-4-5-1-2-7(10(13)14)6(3-5)8(11)12;;/h1-3H,4H2,(H,11,12);;/q;+1;-1. The minimum atomic E-state index is -1.33. The average Bonchev–Trinajstić information content (AvgIpc) is 2.16. The Morgan fingerprint density at radius 2 is 2.20 bits per heavy atom. The van der Waals surface area contributed by atoms with E-state index < -0.39 is 16.6 Å². The summed E-state index contributed by atoms with van der Waals surface area (Å²) in [7, 11) is 0. The Hall–Kier alpha value is -0.620. The molecule has 0 saturated heterocycles. The first-order chi connectivity index (χ1) is 6.56. The van der Waals surface area contributed by atoms with Crippen molar-refractivity contribution in [2.24, 2.45) is 0 Å². The first-order valence-corrected chi connectivity index (χ1v) is 4.16. The molecular formula is C8H7ClNNaO4. The van der Waals surface area contributed by atoms with Crippen LogP contribution < -0.4 is 29.6 Å². The Bertz CT molecular complexity index is 402. The zero-order valence-corrected chi connectivity index (χ0v) is 10.7. The molecule has 0 amide bonds. The Labute approximate surface area is 114 Å². The zero-order chi connectivity index (χ0) is 10.7. The number of carboxylic acids is 1.